The molecule has 26 heavy (non-hydrogen) atoms. The van der Waals surface area contributed by atoms with Crippen molar-refractivity contribution in [1.29, 1.82) is 0 Å². The molecule has 2 N–H and O–H groups in total. The van der Waals surface area contributed by atoms with E-state index >= 15 is 0 Å². The van der Waals surface area contributed by atoms with Crippen molar-refractivity contribution in [2.24, 2.45) is 5.41 Å². The van der Waals surface area contributed by atoms with Crippen LogP contribution in [0.3, 0.4) is 0 Å². The summed E-state index contributed by atoms with van der Waals surface area (Å²) in [6.07, 6.45) is 1.01. The van der Waals surface area contributed by atoms with Gasteiger partial charge in [0.05, 0.1) is 15.7 Å². The van der Waals surface area contributed by atoms with Gasteiger partial charge in [0.1, 0.15) is 5.41 Å². The van der Waals surface area contributed by atoms with Gasteiger partial charge in [0, 0.05) is 5.69 Å². The molecule has 3 rings (SSSR count). The fourth-order valence-corrected chi connectivity index (χ4v) is 3.23. The van der Waals surface area contributed by atoms with Gasteiger partial charge in [-0.25, -0.2) is 0 Å². The molecule has 2 aromatic carbocycles. The second-order valence-electron chi connectivity index (χ2n) is 6.83. The predicted molar refractivity (Wildman–Crippen MR) is 106 cm³/mol. The molecule has 6 heteroatoms. The Hall–Kier alpha value is -2.04. The molecule has 1 saturated carbocycles. The summed E-state index contributed by atoms with van der Waals surface area (Å²) in [5.41, 5.74) is 1.13. The SMILES string of the molecule is CC(C)c1ccccc1NC(=O)C1(C(=O)Nc2cccc(Cl)c2Cl)CC1. The summed E-state index contributed by atoms with van der Waals surface area (Å²) in [5.74, 6) is -0.386. The van der Waals surface area contributed by atoms with Crippen molar-refractivity contribution in [3.05, 3.63) is 58.1 Å². The van der Waals surface area contributed by atoms with Gasteiger partial charge in [0.15, 0.2) is 0 Å². The molecule has 0 aliphatic heterocycles. The van der Waals surface area contributed by atoms with Crippen LogP contribution in [0.5, 0.6) is 0 Å². The van der Waals surface area contributed by atoms with Gasteiger partial charge < -0.3 is 10.6 Å². The fraction of sp³-hybridized carbons (Fsp3) is 0.300. The maximum absolute atomic E-state index is 12.8. The first-order chi connectivity index (χ1) is 12.3. The average molecular weight is 391 g/mol. The minimum atomic E-state index is -1.06. The summed E-state index contributed by atoms with van der Waals surface area (Å²) in [6.45, 7) is 4.12. The first-order valence-corrected chi connectivity index (χ1v) is 9.26. The number of benzene rings is 2. The normalized spacial score (nSPS) is 14.8. The molecular weight excluding hydrogens is 371 g/mol. The molecule has 1 fully saturated rings. The highest BCUT2D eigenvalue weighted by Gasteiger charge is 2.56. The molecule has 0 saturated heterocycles. The number of amides is 2. The lowest BCUT2D eigenvalue weighted by atomic mass is 9.99. The van der Waals surface area contributed by atoms with E-state index in [2.05, 4.69) is 24.5 Å². The van der Waals surface area contributed by atoms with Crippen molar-refractivity contribution in [2.75, 3.05) is 10.6 Å². The minimum Gasteiger partial charge on any atom is -0.325 e. The Morgan fingerprint density at radius 3 is 2.12 bits per heavy atom. The molecule has 0 bridgehead atoms. The first-order valence-electron chi connectivity index (χ1n) is 8.51. The van der Waals surface area contributed by atoms with E-state index < -0.39 is 5.41 Å². The Kier molecular flexibility index (Phi) is 5.26. The highest BCUT2D eigenvalue weighted by Crippen LogP contribution is 2.48. The van der Waals surface area contributed by atoms with Crippen LogP contribution in [0.15, 0.2) is 42.5 Å². The first kappa shape index (κ1) is 18.7. The van der Waals surface area contributed by atoms with Crippen molar-refractivity contribution in [3.8, 4) is 0 Å². The Morgan fingerprint density at radius 2 is 1.50 bits per heavy atom. The van der Waals surface area contributed by atoms with Gasteiger partial charge in [0.25, 0.3) is 0 Å². The molecule has 2 aromatic rings. The zero-order valence-electron chi connectivity index (χ0n) is 14.6. The molecule has 0 radical (unpaired) electrons. The molecule has 0 unspecified atom stereocenters. The van der Waals surface area contributed by atoms with Gasteiger partial charge in [0.2, 0.25) is 11.8 Å². The van der Waals surface area contributed by atoms with Crippen molar-refractivity contribution in [2.45, 2.75) is 32.6 Å². The number of hydrogen-bond donors (Lipinski definition) is 2. The maximum atomic E-state index is 12.8. The second kappa shape index (κ2) is 7.29. The quantitative estimate of drug-likeness (QED) is 0.664. The largest absolute Gasteiger partial charge is 0.325 e. The van der Waals surface area contributed by atoms with E-state index in [1.807, 2.05) is 24.3 Å². The second-order valence-corrected chi connectivity index (χ2v) is 7.62. The molecule has 4 nitrogen and oxygen atoms in total. The van der Waals surface area contributed by atoms with Gasteiger partial charge in [-0.15, -0.1) is 0 Å². The van der Waals surface area contributed by atoms with Gasteiger partial charge in [-0.1, -0.05) is 61.3 Å². The minimum absolute atomic E-state index is 0.265. The predicted octanol–water partition coefficient (Wildman–Crippen LogP) is 5.47. The zero-order chi connectivity index (χ0) is 18.9. The number of carbonyl (C=O) groups excluding carboxylic acids is 2. The Morgan fingerprint density at radius 1 is 0.923 bits per heavy atom. The van der Waals surface area contributed by atoms with Crippen molar-refractivity contribution >= 4 is 46.4 Å². The van der Waals surface area contributed by atoms with Crippen LogP contribution >= 0.6 is 23.2 Å². The van der Waals surface area contributed by atoms with Crippen LogP contribution < -0.4 is 10.6 Å². The summed E-state index contributed by atoms with van der Waals surface area (Å²) < 4.78 is 0. The van der Waals surface area contributed by atoms with Crippen molar-refractivity contribution in [3.63, 3.8) is 0 Å². The third-order valence-corrected chi connectivity index (χ3v) is 5.47. The van der Waals surface area contributed by atoms with Gasteiger partial charge in [-0.2, -0.15) is 0 Å². The van der Waals surface area contributed by atoms with Crippen LogP contribution in [0.1, 0.15) is 38.2 Å². The third kappa shape index (κ3) is 3.57. The van der Waals surface area contributed by atoms with Crippen LogP contribution in [0.2, 0.25) is 10.0 Å². The molecule has 136 valence electrons. The van der Waals surface area contributed by atoms with Crippen LogP contribution in [0.25, 0.3) is 0 Å². The van der Waals surface area contributed by atoms with Crippen LogP contribution in [-0.2, 0) is 9.59 Å². The standard InChI is InChI=1S/C20H20Cl2N2O2/c1-12(2)13-6-3-4-8-15(13)23-18(25)20(10-11-20)19(26)24-16-9-5-7-14(21)17(16)22/h3-9,12H,10-11H2,1-2H3,(H,23,25)(H,24,26). The molecule has 0 atom stereocenters. The van der Waals surface area contributed by atoms with Crippen molar-refractivity contribution in [1.82, 2.24) is 0 Å². The number of carbonyl (C=O) groups is 2. The molecule has 1 aliphatic rings. The highest BCUT2D eigenvalue weighted by atomic mass is 35.5. The number of rotatable bonds is 5. The van der Waals surface area contributed by atoms with E-state index in [9.17, 15) is 9.59 Å². The van der Waals surface area contributed by atoms with Gasteiger partial charge in [-0.05, 0) is 42.5 Å². The van der Waals surface area contributed by atoms with E-state index in [0.717, 1.165) is 11.3 Å². The summed E-state index contributed by atoms with van der Waals surface area (Å²) in [5, 5.41) is 6.29. The van der Waals surface area contributed by atoms with E-state index in [4.69, 9.17) is 23.2 Å². The number of anilines is 2. The Bertz CT molecular complexity index is 861. The van der Waals surface area contributed by atoms with Crippen LogP contribution in [-0.4, -0.2) is 11.8 Å². The lowest BCUT2D eigenvalue weighted by Gasteiger charge is -2.19. The topological polar surface area (TPSA) is 58.2 Å². The van der Waals surface area contributed by atoms with Crippen LogP contribution in [0.4, 0.5) is 11.4 Å². The number of para-hydroxylation sites is 1. The lowest BCUT2D eigenvalue weighted by molar-refractivity contribution is -0.131. The Balaban J connectivity index is 1.77. The molecule has 1 aliphatic carbocycles. The van der Waals surface area contributed by atoms with E-state index in [-0.39, 0.29) is 22.8 Å². The van der Waals surface area contributed by atoms with Crippen molar-refractivity contribution < 1.29 is 9.59 Å². The average Bonchev–Trinajstić information content (AvgIpc) is 3.41. The lowest BCUT2D eigenvalue weighted by Crippen LogP contribution is -2.36. The summed E-state index contributed by atoms with van der Waals surface area (Å²) >= 11 is 12.1. The fourth-order valence-electron chi connectivity index (χ4n) is 2.88. The summed E-state index contributed by atoms with van der Waals surface area (Å²) in [7, 11) is 0. The molecule has 0 spiro atoms. The molecular formula is C20H20Cl2N2O2. The molecule has 2 amide bonds. The van der Waals surface area contributed by atoms with E-state index in [1.54, 1.807) is 18.2 Å². The maximum Gasteiger partial charge on any atom is 0.240 e. The van der Waals surface area contributed by atoms with Crippen LogP contribution in [0, 0.1) is 5.41 Å². The molecule has 0 heterocycles. The highest BCUT2D eigenvalue weighted by molar-refractivity contribution is 6.44. The van der Waals surface area contributed by atoms with E-state index in [0.29, 0.717) is 23.6 Å². The summed E-state index contributed by atoms with van der Waals surface area (Å²) in [4.78, 5) is 25.6. The van der Waals surface area contributed by atoms with Gasteiger partial charge in [-0.3, -0.25) is 9.59 Å². The number of halogens is 2. The number of hydrogen-bond acceptors (Lipinski definition) is 2. The summed E-state index contributed by atoms with van der Waals surface area (Å²) in [6, 6.07) is 12.6. The smallest absolute Gasteiger partial charge is 0.240 e. The van der Waals surface area contributed by atoms with E-state index in [1.165, 1.54) is 0 Å². The monoisotopic (exact) mass is 390 g/mol. The zero-order valence-corrected chi connectivity index (χ0v) is 16.1. The van der Waals surface area contributed by atoms with Gasteiger partial charge >= 0.3 is 0 Å². The number of nitrogens with one attached hydrogen (secondary N) is 2. The Labute approximate surface area is 162 Å². The molecule has 0 aromatic heterocycles. The third-order valence-electron chi connectivity index (χ3n) is 4.65.